The number of rotatable bonds is 6. The first kappa shape index (κ1) is 29.1. The van der Waals surface area contributed by atoms with Gasteiger partial charge in [0.15, 0.2) is 11.4 Å². The average molecular weight is 578 g/mol. The number of aliphatic hydroxyl groups is 3. The SMILES string of the molecule is CC(C)[C@@H]1C(=O)C(C(N)=O)=C(O)[C@@]2(O)C(=O)C3=C(O)c4c(O)c(CNC(=O)C5=CC=CC5)cc(N(C)C)c4C[C@H]3C[C@@H]12. The molecule has 4 atom stereocenters. The molecule has 0 saturated heterocycles. The van der Waals surface area contributed by atoms with Crippen LogP contribution in [-0.4, -0.2) is 63.5 Å². The summed E-state index contributed by atoms with van der Waals surface area (Å²) in [6.07, 6.45) is 6.05. The Bertz CT molecular complexity index is 1560. The van der Waals surface area contributed by atoms with Crippen LogP contribution in [0.25, 0.3) is 5.76 Å². The van der Waals surface area contributed by atoms with Crippen LogP contribution in [0.5, 0.6) is 5.75 Å². The van der Waals surface area contributed by atoms with Crippen molar-refractivity contribution in [2.45, 2.75) is 45.3 Å². The Morgan fingerprint density at radius 2 is 1.88 bits per heavy atom. The third-order valence-electron chi connectivity index (χ3n) is 9.01. The van der Waals surface area contributed by atoms with E-state index in [1.165, 1.54) is 0 Å². The monoisotopic (exact) mass is 577 g/mol. The first-order valence-corrected chi connectivity index (χ1v) is 13.9. The number of aliphatic hydroxyl groups excluding tert-OH is 2. The Kier molecular flexibility index (Phi) is 7.05. The van der Waals surface area contributed by atoms with Crippen molar-refractivity contribution < 1.29 is 39.6 Å². The minimum Gasteiger partial charge on any atom is -0.508 e. The van der Waals surface area contributed by atoms with Gasteiger partial charge in [0.1, 0.15) is 22.8 Å². The van der Waals surface area contributed by atoms with Crippen LogP contribution in [0.15, 0.2) is 46.8 Å². The van der Waals surface area contributed by atoms with E-state index in [9.17, 15) is 39.6 Å². The quantitative estimate of drug-likeness (QED) is 0.274. The highest BCUT2D eigenvalue weighted by molar-refractivity contribution is 6.23. The van der Waals surface area contributed by atoms with Gasteiger partial charge in [-0.1, -0.05) is 32.1 Å². The summed E-state index contributed by atoms with van der Waals surface area (Å²) in [6.45, 7) is 3.37. The van der Waals surface area contributed by atoms with Gasteiger partial charge in [0, 0.05) is 54.9 Å². The summed E-state index contributed by atoms with van der Waals surface area (Å²) in [5, 5.41) is 48.5. The summed E-state index contributed by atoms with van der Waals surface area (Å²) < 4.78 is 0. The number of phenolic OH excluding ortho intramolecular Hbond substituents is 1. The van der Waals surface area contributed by atoms with Crippen LogP contribution in [0.4, 0.5) is 5.69 Å². The second-order valence-corrected chi connectivity index (χ2v) is 12.0. The minimum absolute atomic E-state index is 0.0141. The van der Waals surface area contributed by atoms with E-state index in [1.54, 1.807) is 51.1 Å². The molecule has 0 bridgehead atoms. The Morgan fingerprint density at radius 3 is 2.45 bits per heavy atom. The van der Waals surface area contributed by atoms with Gasteiger partial charge in [-0.05, 0) is 42.7 Å². The highest BCUT2D eigenvalue weighted by Gasteiger charge is 2.64. The van der Waals surface area contributed by atoms with Crippen LogP contribution in [0, 0.1) is 23.7 Å². The highest BCUT2D eigenvalue weighted by Crippen LogP contribution is 2.55. The van der Waals surface area contributed by atoms with Gasteiger partial charge >= 0.3 is 0 Å². The fourth-order valence-electron chi connectivity index (χ4n) is 7.03. The topological polar surface area (TPSA) is 190 Å². The number of aromatic hydroxyl groups is 1. The lowest BCUT2D eigenvalue weighted by atomic mass is 9.54. The maximum atomic E-state index is 14.1. The van der Waals surface area contributed by atoms with Crippen LogP contribution in [-0.2, 0) is 32.1 Å². The molecule has 5 rings (SSSR count). The summed E-state index contributed by atoms with van der Waals surface area (Å²) in [7, 11) is 3.57. The number of nitrogens with zero attached hydrogens (tertiary/aromatic N) is 1. The number of benzene rings is 1. The number of Topliss-reactive ketones (excluding diaryl/α,β-unsaturated/α-hetero) is 2. The van der Waals surface area contributed by atoms with Crippen molar-refractivity contribution in [3.63, 3.8) is 0 Å². The Hall–Kier alpha value is -4.38. The number of nitrogens with two attached hydrogens (primary N) is 1. The van der Waals surface area contributed by atoms with Crippen LogP contribution in [0.2, 0.25) is 0 Å². The molecule has 222 valence electrons. The molecule has 7 N–H and O–H groups in total. The molecule has 42 heavy (non-hydrogen) atoms. The van der Waals surface area contributed by atoms with Crippen molar-refractivity contribution in [2.75, 3.05) is 19.0 Å². The molecule has 0 heterocycles. The first-order valence-electron chi connectivity index (χ1n) is 13.9. The lowest BCUT2D eigenvalue weighted by molar-refractivity contribution is -0.155. The van der Waals surface area contributed by atoms with Gasteiger partial charge < -0.3 is 36.4 Å². The maximum absolute atomic E-state index is 14.1. The van der Waals surface area contributed by atoms with E-state index in [2.05, 4.69) is 5.32 Å². The van der Waals surface area contributed by atoms with E-state index in [1.807, 2.05) is 6.08 Å². The molecule has 0 spiro atoms. The normalized spacial score (nSPS) is 26.6. The van der Waals surface area contributed by atoms with Crippen molar-refractivity contribution in [3.05, 3.63) is 63.5 Å². The molecule has 0 aliphatic heterocycles. The number of carbonyl (C=O) groups is 4. The molecule has 0 aromatic heterocycles. The third-order valence-corrected chi connectivity index (χ3v) is 9.01. The molecule has 11 heteroatoms. The summed E-state index contributed by atoms with van der Waals surface area (Å²) in [5.74, 6) is -8.48. The molecular formula is C31H35N3O8. The van der Waals surface area contributed by atoms with Crippen molar-refractivity contribution in [2.24, 2.45) is 29.4 Å². The zero-order valence-corrected chi connectivity index (χ0v) is 23.9. The molecule has 0 radical (unpaired) electrons. The summed E-state index contributed by atoms with van der Waals surface area (Å²) in [6, 6.07) is 1.71. The van der Waals surface area contributed by atoms with Gasteiger partial charge in [-0.25, -0.2) is 0 Å². The molecule has 1 saturated carbocycles. The van der Waals surface area contributed by atoms with Crippen molar-refractivity contribution in [3.8, 4) is 5.75 Å². The van der Waals surface area contributed by atoms with Crippen molar-refractivity contribution in [1.29, 1.82) is 0 Å². The molecule has 1 fully saturated rings. The van der Waals surface area contributed by atoms with Crippen LogP contribution in [0.1, 0.15) is 43.4 Å². The molecule has 2 amide bonds. The molecule has 1 aromatic carbocycles. The Morgan fingerprint density at radius 1 is 1.19 bits per heavy atom. The van der Waals surface area contributed by atoms with Crippen LogP contribution in [0.3, 0.4) is 0 Å². The third kappa shape index (κ3) is 4.13. The van der Waals surface area contributed by atoms with E-state index in [0.29, 0.717) is 28.8 Å². The predicted octanol–water partition coefficient (Wildman–Crippen LogP) is 1.87. The van der Waals surface area contributed by atoms with Crippen LogP contribution < -0.4 is 16.0 Å². The number of hydrogen-bond donors (Lipinski definition) is 6. The second kappa shape index (κ2) is 10.2. The van der Waals surface area contributed by atoms with E-state index in [-0.39, 0.29) is 42.2 Å². The van der Waals surface area contributed by atoms with E-state index in [4.69, 9.17) is 5.73 Å². The smallest absolute Gasteiger partial charge is 0.255 e. The largest absolute Gasteiger partial charge is 0.508 e. The minimum atomic E-state index is -2.67. The number of phenols is 1. The van der Waals surface area contributed by atoms with E-state index < -0.39 is 63.8 Å². The number of allylic oxidation sites excluding steroid dienone is 3. The fourth-order valence-corrected chi connectivity index (χ4v) is 7.03. The highest BCUT2D eigenvalue weighted by atomic mass is 16.3. The standard InChI is InChI=1S/C31H35N3O8/c1-13(2)20-18-10-15-9-17-19(34(3)4)11-16(12-33-30(41)14-7-5-6-8-14)24(35)22(17)26(37)21(15)27(38)31(18,42)28(39)23(25(20)36)29(32)40/h5-7,11,13,15,18,20,35,37,39,42H,8-10,12H2,1-4H3,(H2,32,40)(H,33,41)/t15-,18-,20-,31-/m0/s1. The summed E-state index contributed by atoms with van der Waals surface area (Å²) in [4.78, 5) is 53.9. The van der Waals surface area contributed by atoms with Gasteiger partial charge in [-0.15, -0.1) is 0 Å². The van der Waals surface area contributed by atoms with Gasteiger partial charge in [-0.2, -0.15) is 0 Å². The zero-order valence-electron chi connectivity index (χ0n) is 23.9. The molecule has 0 unspecified atom stereocenters. The molecule has 4 aliphatic rings. The van der Waals surface area contributed by atoms with Gasteiger partial charge in [0.25, 0.3) is 5.91 Å². The van der Waals surface area contributed by atoms with Crippen molar-refractivity contribution in [1.82, 2.24) is 5.32 Å². The summed E-state index contributed by atoms with van der Waals surface area (Å²) in [5.41, 5.74) is 3.74. The molecule has 11 nitrogen and oxygen atoms in total. The summed E-state index contributed by atoms with van der Waals surface area (Å²) >= 11 is 0. The first-order chi connectivity index (χ1) is 19.7. The second-order valence-electron chi connectivity index (χ2n) is 12.0. The number of carbonyl (C=O) groups excluding carboxylic acids is 4. The van der Waals surface area contributed by atoms with Crippen molar-refractivity contribution >= 4 is 34.8 Å². The number of primary amides is 1. The number of hydrogen-bond acceptors (Lipinski definition) is 9. The molecular weight excluding hydrogens is 542 g/mol. The number of fused-ring (bicyclic) bond motifs is 3. The van der Waals surface area contributed by atoms with E-state index >= 15 is 0 Å². The number of nitrogens with one attached hydrogen (secondary N) is 1. The zero-order chi connectivity index (χ0) is 30.8. The predicted molar refractivity (Wildman–Crippen MR) is 153 cm³/mol. The number of amides is 2. The van der Waals surface area contributed by atoms with Gasteiger partial charge in [0.2, 0.25) is 11.7 Å². The van der Waals surface area contributed by atoms with Crippen LogP contribution >= 0.6 is 0 Å². The Balaban J connectivity index is 1.64. The van der Waals surface area contributed by atoms with Gasteiger partial charge in [0.05, 0.1) is 5.56 Å². The average Bonchev–Trinajstić information content (AvgIpc) is 3.45. The lowest BCUT2D eigenvalue weighted by Crippen LogP contribution is -2.62. The fraction of sp³-hybridized carbons (Fsp3) is 0.419. The van der Waals surface area contributed by atoms with Gasteiger partial charge in [-0.3, -0.25) is 19.2 Å². The van der Waals surface area contributed by atoms with E-state index in [0.717, 1.165) is 0 Å². The lowest BCUT2D eigenvalue weighted by Gasteiger charge is -2.50. The Labute approximate surface area is 242 Å². The number of anilines is 1. The molecule has 1 aromatic rings. The number of ketones is 2. The molecule has 4 aliphatic carbocycles. The maximum Gasteiger partial charge on any atom is 0.255 e.